The summed E-state index contributed by atoms with van der Waals surface area (Å²) in [6.07, 6.45) is -0.461. The average molecular weight is 403 g/mol. The molecule has 0 aromatic heterocycles. The van der Waals surface area contributed by atoms with Gasteiger partial charge in [0.2, 0.25) is 5.78 Å². The highest BCUT2D eigenvalue weighted by Crippen LogP contribution is 2.21. The van der Waals surface area contributed by atoms with Crippen molar-refractivity contribution >= 4 is 39.2 Å². The molecule has 0 fully saturated rings. The second-order valence-electron chi connectivity index (χ2n) is 5.29. The number of carbonyl (C=O) groups is 4. The fourth-order valence-electron chi connectivity index (χ4n) is 2.22. The number of halogens is 1. The summed E-state index contributed by atoms with van der Waals surface area (Å²) >= 11 is 3.36. The molecule has 128 valence electrons. The zero-order chi connectivity index (χ0) is 18.4. The minimum atomic E-state index is -1.05. The molecule has 2 aromatic rings. The topological polar surface area (TPSA) is 77.5 Å². The van der Waals surface area contributed by atoms with Crippen molar-refractivity contribution < 1.29 is 23.9 Å². The van der Waals surface area contributed by atoms with E-state index in [2.05, 4.69) is 20.7 Å². The smallest absolute Gasteiger partial charge is 0.374 e. The van der Waals surface area contributed by atoms with Crippen LogP contribution in [0.3, 0.4) is 0 Å². The molecule has 2 aromatic carbocycles. The van der Waals surface area contributed by atoms with E-state index < -0.39 is 24.0 Å². The van der Waals surface area contributed by atoms with Gasteiger partial charge in [0, 0.05) is 22.0 Å². The summed E-state index contributed by atoms with van der Waals surface area (Å²) in [6, 6.07) is 13.6. The summed E-state index contributed by atoms with van der Waals surface area (Å²) in [6.45, 7) is 0. The average Bonchev–Trinajstić information content (AvgIpc) is 2.63. The van der Waals surface area contributed by atoms with Crippen LogP contribution in [0.25, 0.3) is 0 Å². The number of rotatable bonds is 7. The molecule has 0 heterocycles. The van der Waals surface area contributed by atoms with E-state index in [0.717, 1.165) is 7.11 Å². The first-order valence-electron chi connectivity index (χ1n) is 7.43. The standard InChI is InChI=1S/C19H15BrO5/c1-25-19(24)18(23)11-17(22)13-7-8-15(20)14(9-13)10-16(21)12-5-3-2-4-6-12/h2-9H,10-11H2,1H3. The SMILES string of the molecule is COC(=O)C(=O)CC(=O)c1ccc(Br)c(CC(=O)c2ccccc2)c1. The third kappa shape index (κ3) is 4.93. The molecule has 0 aliphatic rings. The van der Waals surface area contributed by atoms with E-state index in [4.69, 9.17) is 0 Å². The summed E-state index contributed by atoms with van der Waals surface area (Å²) in [4.78, 5) is 47.1. The van der Waals surface area contributed by atoms with Crippen LogP contribution in [-0.4, -0.2) is 30.4 Å². The van der Waals surface area contributed by atoms with Crippen molar-refractivity contribution in [2.24, 2.45) is 0 Å². The molecule has 0 radical (unpaired) electrons. The minimum Gasteiger partial charge on any atom is -0.463 e. The monoisotopic (exact) mass is 402 g/mol. The lowest BCUT2D eigenvalue weighted by Crippen LogP contribution is -2.19. The Morgan fingerprint density at radius 3 is 2.24 bits per heavy atom. The zero-order valence-corrected chi connectivity index (χ0v) is 15.0. The van der Waals surface area contributed by atoms with Gasteiger partial charge in [-0.05, 0) is 17.7 Å². The Bertz CT molecular complexity index is 827. The van der Waals surface area contributed by atoms with Gasteiger partial charge < -0.3 is 4.74 Å². The first-order chi connectivity index (χ1) is 11.9. The second-order valence-corrected chi connectivity index (χ2v) is 6.14. The zero-order valence-electron chi connectivity index (χ0n) is 13.5. The molecule has 0 atom stereocenters. The van der Waals surface area contributed by atoms with E-state index in [9.17, 15) is 19.2 Å². The van der Waals surface area contributed by atoms with Crippen molar-refractivity contribution in [1.82, 2.24) is 0 Å². The highest BCUT2D eigenvalue weighted by Gasteiger charge is 2.20. The third-order valence-electron chi connectivity index (χ3n) is 3.55. The van der Waals surface area contributed by atoms with E-state index in [0.29, 0.717) is 15.6 Å². The van der Waals surface area contributed by atoms with Gasteiger partial charge in [-0.2, -0.15) is 0 Å². The molecule has 0 aliphatic heterocycles. The van der Waals surface area contributed by atoms with E-state index in [-0.39, 0.29) is 17.8 Å². The Morgan fingerprint density at radius 2 is 1.60 bits per heavy atom. The number of Topliss-reactive ketones (excluding diaryl/α,β-unsaturated/α-hetero) is 3. The number of carbonyl (C=O) groups excluding carboxylic acids is 4. The maximum Gasteiger partial charge on any atom is 0.374 e. The molecule has 0 spiro atoms. The van der Waals surface area contributed by atoms with Crippen LogP contribution >= 0.6 is 15.9 Å². The Balaban J connectivity index is 2.17. The number of ether oxygens (including phenoxy) is 1. The Labute approximate surface area is 153 Å². The number of ketones is 3. The number of hydrogen-bond acceptors (Lipinski definition) is 5. The van der Waals surface area contributed by atoms with Crippen LogP contribution in [-0.2, 0) is 20.7 Å². The molecule has 2 rings (SSSR count). The Morgan fingerprint density at radius 1 is 0.920 bits per heavy atom. The van der Waals surface area contributed by atoms with Crippen molar-refractivity contribution in [3.05, 3.63) is 69.7 Å². The maximum atomic E-state index is 12.3. The number of benzene rings is 2. The van der Waals surface area contributed by atoms with Crippen molar-refractivity contribution in [3.8, 4) is 0 Å². The lowest BCUT2D eigenvalue weighted by atomic mass is 9.99. The van der Waals surface area contributed by atoms with Crippen molar-refractivity contribution in [2.75, 3.05) is 7.11 Å². The summed E-state index contributed by atoms with van der Waals surface area (Å²) in [5, 5.41) is 0. The molecule has 0 unspecified atom stereocenters. The van der Waals surface area contributed by atoms with Gasteiger partial charge in [0.25, 0.3) is 0 Å². The van der Waals surface area contributed by atoms with E-state index >= 15 is 0 Å². The fraction of sp³-hybridized carbons (Fsp3) is 0.158. The number of esters is 1. The summed E-state index contributed by atoms with van der Waals surface area (Å²) in [5.74, 6) is -2.55. The van der Waals surface area contributed by atoms with Crippen LogP contribution in [0.15, 0.2) is 53.0 Å². The third-order valence-corrected chi connectivity index (χ3v) is 4.32. The summed E-state index contributed by atoms with van der Waals surface area (Å²) < 4.78 is 4.99. The number of methoxy groups -OCH3 is 1. The second kappa shape index (κ2) is 8.48. The van der Waals surface area contributed by atoms with Crippen LogP contribution in [0.5, 0.6) is 0 Å². The predicted octanol–water partition coefficient (Wildman–Crippen LogP) is 3.19. The molecular weight excluding hydrogens is 388 g/mol. The summed E-state index contributed by atoms with van der Waals surface area (Å²) in [5.41, 5.74) is 1.47. The van der Waals surface area contributed by atoms with Crippen molar-refractivity contribution in [3.63, 3.8) is 0 Å². The molecule has 0 N–H and O–H groups in total. The fourth-order valence-corrected chi connectivity index (χ4v) is 2.60. The molecule has 0 aliphatic carbocycles. The van der Waals surface area contributed by atoms with Gasteiger partial charge >= 0.3 is 5.97 Å². The minimum absolute atomic E-state index is 0.0865. The maximum absolute atomic E-state index is 12.3. The number of hydrogen-bond donors (Lipinski definition) is 0. The first kappa shape index (κ1) is 18.7. The van der Waals surface area contributed by atoms with Gasteiger partial charge in [0.1, 0.15) is 0 Å². The van der Waals surface area contributed by atoms with Gasteiger partial charge in [-0.15, -0.1) is 0 Å². The predicted molar refractivity (Wildman–Crippen MR) is 94.6 cm³/mol. The van der Waals surface area contributed by atoms with Gasteiger partial charge in [-0.1, -0.05) is 52.3 Å². The molecule has 5 nitrogen and oxygen atoms in total. The molecule has 6 heteroatoms. The first-order valence-corrected chi connectivity index (χ1v) is 8.22. The van der Waals surface area contributed by atoms with E-state index in [1.165, 1.54) is 6.07 Å². The lowest BCUT2D eigenvalue weighted by Gasteiger charge is -2.07. The normalized spacial score (nSPS) is 10.2. The van der Waals surface area contributed by atoms with Gasteiger partial charge in [0.05, 0.1) is 13.5 Å². The molecule has 0 bridgehead atoms. The molecule has 25 heavy (non-hydrogen) atoms. The highest BCUT2D eigenvalue weighted by molar-refractivity contribution is 9.10. The van der Waals surface area contributed by atoms with Gasteiger partial charge in [0.15, 0.2) is 11.6 Å². The van der Waals surface area contributed by atoms with E-state index in [1.54, 1.807) is 36.4 Å². The van der Waals surface area contributed by atoms with Crippen LogP contribution in [0.4, 0.5) is 0 Å². The molecule has 0 amide bonds. The largest absolute Gasteiger partial charge is 0.463 e. The van der Waals surface area contributed by atoms with E-state index in [1.807, 2.05) is 6.07 Å². The van der Waals surface area contributed by atoms with Crippen molar-refractivity contribution in [2.45, 2.75) is 12.8 Å². The van der Waals surface area contributed by atoms with Gasteiger partial charge in [-0.25, -0.2) is 4.79 Å². The van der Waals surface area contributed by atoms with Crippen LogP contribution < -0.4 is 0 Å². The lowest BCUT2D eigenvalue weighted by molar-refractivity contribution is -0.151. The summed E-state index contributed by atoms with van der Waals surface area (Å²) in [7, 11) is 1.08. The van der Waals surface area contributed by atoms with Gasteiger partial charge in [-0.3, -0.25) is 14.4 Å². The molecular formula is C19H15BrO5. The van der Waals surface area contributed by atoms with Crippen LogP contribution in [0.1, 0.15) is 32.7 Å². The van der Waals surface area contributed by atoms with Crippen LogP contribution in [0.2, 0.25) is 0 Å². The quantitative estimate of drug-likeness (QED) is 0.307. The molecule has 0 saturated carbocycles. The Kier molecular flexibility index (Phi) is 6.36. The van der Waals surface area contributed by atoms with Crippen molar-refractivity contribution in [1.29, 1.82) is 0 Å². The van der Waals surface area contributed by atoms with Crippen LogP contribution in [0, 0.1) is 0 Å². The Hall–Kier alpha value is -2.60. The molecule has 0 saturated heterocycles. The highest BCUT2D eigenvalue weighted by atomic mass is 79.9.